The first-order valence-electron chi connectivity index (χ1n) is 6.43. The van der Waals surface area contributed by atoms with E-state index in [1.807, 2.05) is 0 Å². The van der Waals surface area contributed by atoms with Gasteiger partial charge in [0.15, 0.2) is 5.16 Å². The second kappa shape index (κ2) is 5.73. The zero-order chi connectivity index (χ0) is 15.9. The number of hydrogen-bond acceptors (Lipinski definition) is 4. The molecule has 1 amide bonds. The summed E-state index contributed by atoms with van der Waals surface area (Å²) >= 11 is 7.32. The molecule has 8 heteroatoms. The number of benzene rings is 1. The van der Waals surface area contributed by atoms with Gasteiger partial charge in [-0.2, -0.15) is 0 Å². The van der Waals surface area contributed by atoms with Gasteiger partial charge in [0.2, 0.25) is 5.91 Å². The van der Waals surface area contributed by atoms with Crippen LogP contribution in [0.3, 0.4) is 0 Å². The van der Waals surface area contributed by atoms with Crippen molar-refractivity contribution in [3.63, 3.8) is 0 Å². The van der Waals surface area contributed by atoms with Crippen LogP contribution >= 0.6 is 23.4 Å². The van der Waals surface area contributed by atoms with Crippen LogP contribution in [0.2, 0.25) is 5.02 Å². The minimum absolute atomic E-state index is 0.0585. The molecule has 1 aliphatic heterocycles. The Kier molecular flexibility index (Phi) is 3.92. The van der Waals surface area contributed by atoms with Crippen molar-refractivity contribution in [3.05, 3.63) is 50.5 Å². The molecule has 1 aliphatic rings. The van der Waals surface area contributed by atoms with Gasteiger partial charge in [0.25, 0.3) is 5.56 Å². The maximum absolute atomic E-state index is 14.2. The number of H-pyrrole nitrogens is 1. The number of nitrogens with one attached hydrogen (secondary N) is 2. The SMILES string of the molecule is CSc1nc2c(c(=O)[nH]1)C(c1c(F)cccc1Cl)CC(=O)N2. The van der Waals surface area contributed by atoms with E-state index in [1.165, 1.54) is 30.0 Å². The third-order valence-corrected chi connectivity index (χ3v) is 4.38. The fourth-order valence-electron chi connectivity index (χ4n) is 2.54. The molecule has 2 aromatic rings. The van der Waals surface area contributed by atoms with Crippen LogP contribution in [0.25, 0.3) is 0 Å². The fourth-order valence-corrected chi connectivity index (χ4v) is 3.21. The largest absolute Gasteiger partial charge is 0.310 e. The molecule has 3 rings (SSSR count). The summed E-state index contributed by atoms with van der Waals surface area (Å²) in [4.78, 5) is 31.0. The van der Waals surface area contributed by atoms with E-state index in [1.54, 1.807) is 6.26 Å². The lowest BCUT2D eigenvalue weighted by Gasteiger charge is -2.25. The number of carbonyl (C=O) groups is 1. The summed E-state index contributed by atoms with van der Waals surface area (Å²) in [6.07, 6.45) is 1.69. The highest BCUT2D eigenvalue weighted by Crippen LogP contribution is 2.38. The molecule has 0 radical (unpaired) electrons. The molecule has 2 heterocycles. The quantitative estimate of drug-likeness (QED) is 0.651. The van der Waals surface area contributed by atoms with Crippen LogP contribution in [-0.2, 0) is 4.79 Å². The lowest BCUT2D eigenvalue weighted by molar-refractivity contribution is -0.116. The Balaban J connectivity index is 2.25. The minimum atomic E-state index is -0.760. The van der Waals surface area contributed by atoms with Crippen LogP contribution in [-0.4, -0.2) is 22.1 Å². The summed E-state index contributed by atoms with van der Waals surface area (Å²) in [6, 6.07) is 4.26. The van der Waals surface area contributed by atoms with E-state index in [2.05, 4.69) is 15.3 Å². The Labute approximate surface area is 134 Å². The lowest BCUT2D eigenvalue weighted by atomic mass is 9.86. The molecule has 0 spiro atoms. The fraction of sp³-hybridized carbons (Fsp3) is 0.214. The lowest BCUT2D eigenvalue weighted by Crippen LogP contribution is -2.31. The molecular formula is C14H11ClFN3O2S. The number of nitrogens with zero attached hydrogens (tertiary/aromatic N) is 1. The Morgan fingerprint density at radius 1 is 1.36 bits per heavy atom. The van der Waals surface area contributed by atoms with Crippen molar-refractivity contribution in [2.75, 3.05) is 11.6 Å². The number of carbonyl (C=O) groups excluding carboxylic acids is 1. The van der Waals surface area contributed by atoms with Gasteiger partial charge in [-0.05, 0) is 18.4 Å². The van der Waals surface area contributed by atoms with Crippen LogP contribution in [0.15, 0.2) is 28.2 Å². The van der Waals surface area contributed by atoms with Gasteiger partial charge >= 0.3 is 0 Å². The Hall–Kier alpha value is -1.86. The Morgan fingerprint density at radius 3 is 2.82 bits per heavy atom. The molecule has 1 unspecified atom stereocenters. The van der Waals surface area contributed by atoms with E-state index in [0.717, 1.165) is 0 Å². The van der Waals surface area contributed by atoms with Crippen LogP contribution in [0, 0.1) is 5.82 Å². The number of halogens is 2. The highest BCUT2D eigenvalue weighted by Gasteiger charge is 2.33. The van der Waals surface area contributed by atoms with Crippen LogP contribution < -0.4 is 10.9 Å². The summed E-state index contributed by atoms with van der Waals surface area (Å²) in [6.45, 7) is 0. The van der Waals surface area contributed by atoms with E-state index in [4.69, 9.17) is 11.6 Å². The van der Waals surface area contributed by atoms with E-state index >= 15 is 0 Å². The van der Waals surface area contributed by atoms with Gasteiger partial charge in [0.05, 0.1) is 5.56 Å². The van der Waals surface area contributed by atoms with Crippen molar-refractivity contribution < 1.29 is 9.18 Å². The summed E-state index contributed by atoms with van der Waals surface area (Å²) in [5.74, 6) is -1.48. The Bertz CT molecular complexity index is 804. The maximum atomic E-state index is 14.2. The molecule has 0 bridgehead atoms. The maximum Gasteiger partial charge on any atom is 0.257 e. The van der Waals surface area contributed by atoms with Gasteiger partial charge in [-0.3, -0.25) is 9.59 Å². The smallest absolute Gasteiger partial charge is 0.257 e. The van der Waals surface area contributed by atoms with E-state index in [0.29, 0.717) is 5.16 Å². The van der Waals surface area contributed by atoms with E-state index in [9.17, 15) is 14.0 Å². The number of aromatic nitrogens is 2. The van der Waals surface area contributed by atoms with Gasteiger partial charge < -0.3 is 10.3 Å². The summed E-state index contributed by atoms with van der Waals surface area (Å²) in [7, 11) is 0. The van der Waals surface area contributed by atoms with Crippen LogP contribution in [0.4, 0.5) is 10.2 Å². The molecule has 0 saturated heterocycles. The van der Waals surface area contributed by atoms with Gasteiger partial charge in [-0.25, -0.2) is 9.37 Å². The average molecular weight is 340 g/mol. The summed E-state index contributed by atoms with van der Waals surface area (Å²) in [5.41, 5.74) is -0.0347. The first kappa shape index (κ1) is 15.1. The van der Waals surface area contributed by atoms with Gasteiger partial charge in [0.1, 0.15) is 11.6 Å². The van der Waals surface area contributed by atoms with E-state index in [-0.39, 0.29) is 34.3 Å². The second-order valence-corrected chi connectivity index (χ2v) is 5.98. The molecule has 22 heavy (non-hydrogen) atoms. The topological polar surface area (TPSA) is 74.8 Å². The summed E-state index contributed by atoms with van der Waals surface area (Å²) in [5, 5.41) is 3.12. The first-order valence-corrected chi connectivity index (χ1v) is 8.03. The van der Waals surface area contributed by atoms with Crippen molar-refractivity contribution >= 4 is 35.1 Å². The predicted molar refractivity (Wildman–Crippen MR) is 83.1 cm³/mol. The number of thioether (sulfide) groups is 1. The first-order chi connectivity index (χ1) is 10.5. The van der Waals surface area contributed by atoms with Crippen LogP contribution in [0.1, 0.15) is 23.5 Å². The van der Waals surface area contributed by atoms with Gasteiger partial charge in [0, 0.05) is 22.9 Å². The molecule has 0 fully saturated rings. The number of hydrogen-bond donors (Lipinski definition) is 2. The molecule has 1 atom stereocenters. The normalized spacial score (nSPS) is 17.0. The molecule has 114 valence electrons. The van der Waals surface area contributed by atoms with Crippen molar-refractivity contribution in [2.45, 2.75) is 17.5 Å². The summed E-state index contributed by atoms with van der Waals surface area (Å²) < 4.78 is 14.2. The molecule has 1 aromatic heterocycles. The highest BCUT2D eigenvalue weighted by atomic mass is 35.5. The number of amides is 1. The third-order valence-electron chi connectivity index (χ3n) is 3.47. The number of anilines is 1. The molecule has 0 saturated carbocycles. The van der Waals surface area contributed by atoms with Crippen molar-refractivity contribution in [2.24, 2.45) is 0 Å². The minimum Gasteiger partial charge on any atom is -0.310 e. The number of aromatic amines is 1. The van der Waals surface area contributed by atoms with Gasteiger partial charge in [-0.15, -0.1) is 0 Å². The molecule has 2 N–H and O–H groups in total. The van der Waals surface area contributed by atoms with Crippen molar-refractivity contribution in [3.8, 4) is 0 Å². The number of rotatable bonds is 2. The van der Waals surface area contributed by atoms with Crippen molar-refractivity contribution in [1.29, 1.82) is 0 Å². The molecule has 0 aliphatic carbocycles. The Morgan fingerprint density at radius 2 is 2.14 bits per heavy atom. The number of fused-ring (bicyclic) bond motifs is 1. The average Bonchev–Trinajstić information content (AvgIpc) is 2.45. The monoisotopic (exact) mass is 339 g/mol. The van der Waals surface area contributed by atoms with Crippen LogP contribution in [0.5, 0.6) is 0 Å². The molecule has 1 aromatic carbocycles. The second-order valence-electron chi connectivity index (χ2n) is 4.78. The molecule has 5 nitrogen and oxygen atoms in total. The zero-order valence-corrected chi connectivity index (χ0v) is 13.0. The zero-order valence-electron chi connectivity index (χ0n) is 11.4. The molecular weight excluding hydrogens is 329 g/mol. The predicted octanol–water partition coefficient (Wildman–Crippen LogP) is 2.76. The van der Waals surface area contributed by atoms with Gasteiger partial charge in [-0.1, -0.05) is 29.4 Å². The highest BCUT2D eigenvalue weighted by molar-refractivity contribution is 7.98. The standard InChI is InChI=1S/C14H11ClFN3O2S/c1-22-14-18-12-11(13(21)19-14)6(5-9(20)17-12)10-7(15)3-2-4-8(10)16/h2-4,6H,5H2,1H3,(H2,17,18,19,20,21). The third kappa shape index (κ3) is 2.50. The van der Waals surface area contributed by atoms with E-state index < -0.39 is 17.3 Å². The van der Waals surface area contributed by atoms with Crippen molar-refractivity contribution in [1.82, 2.24) is 9.97 Å².